The predicted octanol–water partition coefficient (Wildman–Crippen LogP) is 5.45. The minimum atomic E-state index is -0.729. The molecule has 9 heteroatoms. The number of hydrogen-bond acceptors (Lipinski definition) is 7. The third-order valence-corrected chi connectivity index (χ3v) is 7.05. The van der Waals surface area contributed by atoms with Crippen molar-refractivity contribution in [3.63, 3.8) is 0 Å². The van der Waals surface area contributed by atoms with E-state index >= 15 is 0 Å². The topological polar surface area (TPSA) is 104 Å². The Kier molecular flexibility index (Phi) is 17.2. The molecule has 0 radical (unpaired) electrons. The van der Waals surface area contributed by atoms with Gasteiger partial charge in [0.25, 0.3) is 5.91 Å². The molecular weight excluding hydrogens is 548 g/mol. The van der Waals surface area contributed by atoms with Gasteiger partial charge in [0.2, 0.25) is 5.91 Å². The van der Waals surface area contributed by atoms with Crippen LogP contribution in [0.25, 0.3) is 0 Å². The molecule has 238 valence electrons. The van der Waals surface area contributed by atoms with Crippen molar-refractivity contribution in [1.82, 2.24) is 10.6 Å². The minimum Gasteiger partial charge on any atom is -0.493 e. The molecule has 2 N–H and O–H groups in total. The van der Waals surface area contributed by atoms with Crippen molar-refractivity contribution in [2.45, 2.75) is 77.4 Å². The number of aryl methyl sites for hydroxylation is 1. The fourth-order valence-corrected chi connectivity index (χ4v) is 4.65. The SMILES string of the molecule is CCCCCCOCCOCCOCCCCCC(=O)NCC(NC(=O)c1ccccc1)Oc1ccc2c(c1)CCCO2. The normalized spacial score (nSPS) is 13.0. The van der Waals surface area contributed by atoms with Gasteiger partial charge in [-0.25, -0.2) is 0 Å². The number of unbranched alkanes of at least 4 members (excludes halogenated alkanes) is 5. The molecule has 1 atom stereocenters. The number of hydrogen-bond donors (Lipinski definition) is 2. The summed E-state index contributed by atoms with van der Waals surface area (Å²) in [7, 11) is 0. The van der Waals surface area contributed by atoms with Crippen LogP contribution < -0.4 is 20.1 Å². The molecule has 9 nitrogen and oxygen atoms in total. The molecule has 0 bridgehead atoms. The average Bonchev–Trinajstić information content (AvgIpc) is 3.03. The molecule has 0 aliphatic carbocycles. The molecule has 0 saturated heterocycles. The molecule has 1 unspecified atom stereocenters. The lowest BCUT2D eigenvalue weighted by Gasteiger charge is -2.23. The third kappa shape index (κ3) is 14.7. The zero-order valence-electron chi connectivity index (χ0n) is 25.8. The number of ether oxygens (including phenoxy) is 5. The summed E-state index contributed by atoms with van der Waals surface area (Å²) in [5.74, 6) is 1.14. The van der Waals surface area contributed by atoms with Gasteiger partial charge in [-0.1, -0.05) is 50.8 Å². The first-order valence-electron chi connectivity index (χ1n) is 15.9. The molecule has 2 aromatic rings. The van der Waals surface area contributed by atoms with E-state index < -0.39 is 6.23 Å². The summed E-state index contributed by atoms with van der Waals surface area (Å²) in [6.45, 7) is 6.86. The Morgan fingerprint density at radius 1 is 0.837 bits per heavy atom. The van der Waals surface area contributed by atoms with Crippen LogP contribution in [0, 0.1) is 0 Å². The minimum absolute atomic E-state index is 0.0803. The van der Waals surface area contributed by atoms with Crippen LogP contribution in [0.3, 0.4) is 0 Å². The zero-order valence-corrected chi connectivity index (χ0v) is 25.8. The van der Waals surface area contributed by atoms with E-state index in [1.807, 2.05) is 36.4 Å². The van der Waals surface area contributed by atoms with Gasteiger partial charge in [-0.2, -0.15) is 0 Å². The van der Waals surface area contributed by atoms with Gasteiger partial charge in [0, 0.05) is 25.2 Å². The smallest absolute Gasteiger partial charge is 0.254 e. The second-order valence-corrected chi connectivity index (χ2v) is 10.7. The van der Waals surface area contributed by atoms with Gasteiger partial charge in [0.1, 0.15) is 11.5 Å². The van der Waals surface area contributed by atoms with Gasteiger partial charge in [-0.3, -0.25) is 9.59 Å². The van der Waals surface area contributed by atoms with Crippen LogP contribution >= 0.6 is 0 Å². The summed E-state index contributed by atoms with van der Waals surface area (Å²) in [5.41, 5.74) is 1.60. The highest BCUT2D eigenvalue weighted by Crippen LogP contribution is 2.28. The number of amides is 2. The highest BCUT2D eigenvalue weighted by atomic mass is 16.5. The first kappa shape index (κ1) is 34.4. The predicted molar refractivity (Wildman–Crippen MR) is 167 cm³/mol. The lowest BCUT2D eigenvalue weighted by molar-refractivity contribution is -0.121. The number of carbonyl (C=O) groups is 2. The molecule has 0 saturated carbocycles. The molecule has 1 aliphatic heterocycles. The van der Waals surface area contributed by atoms with Crippen LogP contribution in [0.15, 0.2) is 48.5 Å². The van der Waals surface area contributed by atoms with Crippen molar-refractivity contribution in [2.75, 3.05) is 52.8 Å². The van der Waals surface area contributed by atoms with Crippen LogP contribution in [-0.2, 0) is 25.4 Å². The van der Waals surface area contributed by atoms with Crippen LogP contribution in [0.2, 0.25) is 0 Å². The fraction of sp³-hybridized carbons (Fsp3) is 0.588. The molecule has 43 heavy (non-hydrogen) atoms. The average molecular weight is 599 g/mol. The maximum atomic E-state index is 12.8. The van der Waals surface area contributed by atoms with E-state index in [4.69, 9.17) is 23.7 Å². The van der Waals surface area contributed by atoms with Crippen molar-refractivity contribution >= 4 is 11.8 Å². The molecule has 1 heterocycles. The quantitative estimate of drug-likeness (QED) is 0.129. The van der Waals surface area contributed by atoms with E-state index in [-0.39, 0.29) is 18.4 Å². The van der Waals surface area contributed by atoms with E-state index in [2.05, 4.69) is 17.6 Å². The summed E-state index contributed by atoms with van der Waals surface area (Å²) in [5, 5.41) is 5.81. The summed E-state index contributed by atoms with van der Waals surface area (Å²) in [6, 6.07) is 14.6. The number of nitrogens with one attached hydrogen (secondary N) is 2. The van der Waals surface area contributed by atoms with Gasteiger partial charge in [0.15, 0.2) is 6.23 Å². The molecule has 3 rings (SSSR count). The number of fused-ring (bicyclic) bond motifs is 1. The number of benzene rings is 2. The van der Waals surface area contributed by atoms with Crippen molar-refractivity contribution in [3.8, 4) is 11.5 Å². The molecule has 0 fully saturated rings. The summed E-state index contributed by atoms with van der Waals surface area (Å²) < 4.78 is 28.5. The molecule has 0 aromatic heterocycles. The maximum absolute atomic E-state index is 12.8. The van der Waals surface area contributed by atoms with E-state index in [1.165, 1.54) is 19.3 Å². The lowest BCUT2D eigenvalue weighted by Crippen LogP contribution is -2.47. The summed E-state index contributed by atoms with van der Waals surface area (Å²) >= 11 is 0. The standard InChI is InChI=1S/C34H50N2O7/c1-2-3-4-10-19-39-22-24-41-25-23-40-20-11-6-9-16-32(37)35-27-33(36-34(38)28-13-7-5-8-14-28)43-30-17-18-31-29(26-30)15-12-21-42-31/h5,7-8,13-14,17-18,26,33H,2-4,6,9-12,15-16,19-25,27H2,1H3,(H,35,37)(H,36,38). The largest absolute Gasteiger partial charge is 0.493 e. The maximum Gasteiger partial charge on any atom is 0.254 e. The Labute approximate surface area is 257 Å². The highest BCUT2D eigenvalue weighted by Gasteiger charge is 2.18. The fourth-order valence-electron chi connectivity index (χ4n) is 4.65. The second kappa shape index (κ2) is 21.5. The van der Waals surface area contributed by atoms with Gasteiger partial charge in [-0.05, 0) is 68.0 Å². The Morgan fingerprint density at radius 3 is 2.26 bits per heavy atom. The third-order valence-electron chi connectivity index (χ3n) is 7.05. The lowest BCUT2D eigenvalue weighted by atomic mass is 10.1. The van der Waals surface area contributed by atoms with Crippen molar-refractivity contribution in [3.05, 3.63) is 59.7 Å². The Balaban J connectivity index is 1.28. The monoisotopic (exact) mass is 598 g/mol. The molecule has 2 aromatic carbocycles. The van der Waals surface area contributed by atoms with E-state index in [9.17, 15) is 9.59 Å². The number of carbonyl (C=O) groups excluding carboxylic acids is 2. The van der Waals surface area contributed by atoms with E-state index in [0.29, 0.717) is 57.4 Å². The van der Waals surface area contributed by atoms with Crippen LogP contribution in [0.5, 0.6) is 11.5 Å². The molecular formula is C34H50N2O7. The molecule has 2 amide bonds. The highest BCUT2D eigenvalue weighted by molar-refractivity contribution is 5.94. The van der Waals surface area contributed by atoms with Crippen molar-refractivity contribution in [2.24, 2.45) is 0 Å². The van der Waals surface area contributed by atoms with E-state index in [1.54, 1.807) is 12.1 Å². The Morgan fingerprint density at radius 2 is 1.53 bits per heavy atom. The summed E-state index contributed by atoms with van der Waals surface area (Å²) in [4.78, 5) is 25.4. The van der Waals surface area contributed by atoms with Crippen LogP contribution in [0.4, 0.5) is 0 Å². The van der Waals surface area contributed by atoms with Crippen molar-refractivity contribution in [1.29, 1.82) is 0 Å². The van der Waals surface area contributed by atoms with Gasteiger partial charge >= 0.3 is 0 Å². The first-order chi connectivity index (χ1) is 21.2. The molecule has 1 aliphatic rings. The summed E-state index contributed by atoms with van der Waals surface area (Å²) in [6.07, 6.45) is 8.92. The number of rotatable bonds is 23. The van der Waals surface area contributed by atoms with Crippen LogP contribution in [0.1, 0.15) is 80.6 Å². The van der Waals surface area contributed by atoms with Gasteiger partial charge in [0.05, 0.1) is 39.6 Å². The molecule has 0 spiro atoms. The second-order valence-electron chi connectivity index (χ2n) is 10.7. The van der Waals surface area contributed by atoms with Crippen molar-refractivity contribution < 1.29 is 33.3 Å². The van der Waals surface area contributed by atoms with Gasteiger partial charge < -0.3 is 34.3 Å². The van der Waals surface area contributed by atoms with Gasteiger partial charge in [-0.15, -0.1) is 0 Å². The van der Waals surface area contributed by atoms with Crippen LogP contribution in [-0.4, -0.2) is 70.8 Å². The zero-order chi connectivity index (χ0) is 30.4. The first-order valence-corrected chi connectivity index (χ1v) is 15.9. The Hall–Kier alpha value is -3.14. The van der Waals surface area contributed by atoms with E-state index in [0.717, 1.165) is 56.4 Å². The Bertz CT molecular complexity index is 1050.